The second-order valence-corrected chi connectivity index (χ2v) is 6.00. The van der Waals surface area contributed by atoms with Gasteiger partial charge in [-0.2, -0.15) is 22.7 Å². The number of amides is 1. The monoisotopic (exact) mass is 398 g/mol. The highest BCUT2D eigenvalue weighted by Gasteiger charge is 2.36. The van der Waals surface area contributed by atoms with Crippen LogP contribution in [0, 0.1) is 6.92 Å². The predicted molar refractivity (Wildman–Crippen MR) is 92.8 cm³/mol. The highest BCUT2D eigenvalue weighted by molar-refractivity contribution is 6.33. The third kappa shape index (κ3) is 4.27. The van der Waals surface area contributed by atoms with Crippen LogP contribution in [0.4, 0.5) is 19.0 Å². The summed E-state index contributed by atoms with van der Waals surface area (Å²) in [5, 5.41) is 9.37. The van der Waals surface area contributed by atoms with Crippen LogP contribution in [0.2, 0.25) is 5.02 Å². The molecule has 0 saturated heterocycles. The van der Waals surface area contributed by atoms with Gasteiger partial charge in [0.1, 0.15) is 5.82 Å². The number of nitrogens with one attached hydrogen (secondary N) is 2. The Kier molecular flexibility index (Phi) is 5.17. The summed E-state index contributed by atoms with van der Waals surface area (Å²) < 4.78 is 39.4. The molecular formula is C16H14ClF3N6O. The lowest BCUT2D eigenvalue weighted by atomic mass is 10.2. The molecule has 0 fully saturated rings. The van der Waals surface area contributed by atoms with Crippen LogP contribution in [0.3, 0.4) is 0 Å². The highest BCUT2D eigenvalue weighted by atomic mass is 35.5. The van der Waals surface area contributed by atoms with Crippen molar-refractivity contribution >= 4 is 29.1 Å². The van der Waals surface area contributed by atoms with E-state index in [2.05, 4.69) is 25.7 Å². The van der Waals surface area contributed by atoms with Gasteiger partial charge in [-0.25, -0.2) is 4.98 Å². The molecule has 1 amide bonds. The zero-order valence-electron chi connectivity index (χ0n) is 14.0. The Morgan fingerprint density at radius 1 is 1.22 bits per heavy atom. The van der Waals surface area contributed by atoms with Crippen LogP contribution in [0.15, 0.2) is 30.3 Å². The fourth-order valence-electron chi connectivity index (χ4n) is 2.34. The van der Waals surface area contributed by atoms with Crippen LogP contribution in [-0.4, -0.2) is 38.6 Å². The van der Waals surface area contributed by atoms with E-state index in [9.17, 15) is 18.0 Å². The normalized spacial score (nSPS) is 11.6. The van der Waals surface area contributed by atoms with Crippen LogP contribution in [0.1, 0.15) is 21.9 Å². The Labute approximate surface area is 156 Å². The molecule has 0 aliphatic heterocycles. The molecule has 142 valence electrons. The summed E-state index contributed by atoms with van der Waals surface area (Å²) in [6.07, 6.45) is -4.66. The molecule has 27 heavy (non-hydrogen) atoms. The van der Waals surface area contributed by atoms with Gasteiger partial charge in [0.05, 0.1) is 10.6 Å². The van der Waals surface area contributed by atoms with Gasteiger partial charge in [0.15, 0.2) is 0 Å². The maximum atomic E-state index is 12.8. The number of aromatic nitrogens is 4. The number of hydrogen-bond donors (Lipinski definition) is 2. The van der Waals surface area contributed by atoms with Gasteiger partial charge in [0, 0.05) is 24.8 Å². The average molecular weight is 399 g/mol. The quantitative estimate of drug-likeness (QED) is 0.645. The summed E-state index contributed by atoms with van der Waals surface area (Å²) in [5.74, 6) is -1.49. The van der Waals surface area contributed by atoms with Crippen molar-refractivity contribution in [2.45, 2.75) is 13.1 Å². The van der Waals surface area contributed by atoms with Crippen LogP contribution < -0.4 is 10.6 Å². The third-order valence-corrected chi connectivity index (χ3v) is 3.86. The molecule has 0 saturated carbocycles. The molecule has 0 aliphatic carbocycles. The number of anilines is 1. The maximum absolute atomic E-state index is 12.8. The van der Waals surface area contributed by atoms with Crippen molar-refractivity contribution in [3.05, 3.63) is 52.4 Å². The number of nitrogens with zero attached hydrogens (tertiary/aromatic N) is 4. The van der Waals surface area contributed by atoms with E-state index < -0.39 is 12.0 Å². The van der Waals surface area contributed by atoms with Crippen molar-refractivity contribution in [2.24, 2.45) is 0 Å². The molecule has 3 rings (SSSR count). The first-order chi connectivity index (χ1) is 12.8. The lowest BCUT2D eigenvalue weighted by Gasteiger charge is -2.10. The first kappa shape index (κ1) is 18.9. The molecule has 0 unspecified atom stereocenters. The van der Waals surface area contributed by atoms with E-state index in [1.54, 1.807) is 31.2 Å². The number of alkyl halides is 3. The third-order valence-electron chi connectivity index (χ3n) is 3.53. The number of halogens is 4. The van der Waals surface area contributed by atoms with Crippen molar-refractivity contribution in [2.75, 3.05) is 18.4 Å². The van der Waals surface area contributed by atoms with Crippen LogP contribution in [-0.2, 0) is 6.18 Å². The average Bonchev–Trinajstić information content (AvgIpc) is 3.03. The maximum Gasteiger partial charge on any atom is 0.453 e. The minimum atomic E-state index is -4.66. The van der Waals surface area contributed by atoms with Crippen LogP contribution >= 0.6 is 11.6 Å². The Balaban J connectivity index is 1.67. The van der Waals surface area contributed by atoms with E-state index in [1.807, 2.05) is 0 Å². The Morgan fingerprint density at radius 3 is 2.67 bits per heavy atom. The number of hydrogen-bond acceptors (Lipinski definition) is 5. The highest BCUT2D eigenvalue weighted by Crippen LogP contribution is 2.27. The van der Waals surface area contributed by atoms with E-state index >= 15 is 0 Å². The van der Waals surface area contributed by atoms with Crippen molar-refractivity contribution in [1.82, 2.24) is 24.9 Å². The SMILES string of the molecule is Cc1cc(NCCNC(=O)c2ccccc2Cl)n2nc(C(F)(F)F)nc2n1. The molecule has 0 aliphatic rings. The Bertz CT molecular complexity index is 988. The molecular weight excluding hydrogens is 385 g/mol. The summed E-state index contributed by atoms with van der Waals surface area (Å²) in [6.45, 7) is 2.09. The van der Waals surface area contributed by atoms with Crippen LogP contribution in [0.5, 0.6) is 0 Å². The molecule has 0 radical (unpaired) electrons. The minimum absolute atomic E-state index is 0.162. The number of aryl methyl sites for hydroxylation is 1. The van der Waals surface area contributed by atoms with Gasteiger partial charge in [0.25, 0.3) is 17.5 Å². The van der Waals surface area contributed by atoms with Crippen molar-refractivity contribution in [3.63, 3.8) is 0 Å². The van der Waals surface area contributed by atoms with Gasteiger partial charge in [-0.05, 0) is 19.1 Å². The van der Waals surface area contributed by atoms with Crippen molar-refractivity contribution in [3.8, 4) is 0 Å². The molecule has 0 bridgehead atoms. The van der Waals surface area contributed by atoms with E-state index in [0.29, 0.717) is 16.3 Å². The van der Waals surface area contributed by atoms with E-state index in [-0.39, 0.29) is 30.6 Å². The standard InChI is InChI=1S/C16H14ClF3N6O/c1-9-8-12(26-15(23-9)24-14(25-26)16(18,19)20)21-6-7-22-13(27)10-4-2-3-5-11(10)17/h2-5,8,21H,6-7H2,1H3,(H,22,27). The first-order valence-electron chi connectivity index (χ1n) is 7.84. The molecule has 2 N–H and O–H groups in total. The summed E-state index contributed by atoms with van der Waals surface area (Å²) in [4.78, 5) is 19.4. The van der Waals surface area contributed by atoms with E-state index in [1.165, 1.54) is 6.07 Å². The number of carbonyl (C=O) groups is 1. The van der Waals surface area contributed by atoms with Gasteiger partial charge in [-0.3, -0.25) is 4.79 Å². The van der Waals surface area contributed by atoms with Gasteiger partial charge in [-0.15, -0.1) is 5.10 Å². The smallest absolute Gasteiger partial charge is 0.368 e. The zero-order chi connectivity index (χ0) is 19.6. The number of benzene rings is 1. The van der Waals surface area contributed by atoms with Gasteiger partial charge < -0.3 is 10.6 Å². The summed E-state index contributed by atoms with van der Waals surface area (Å²) in [7, 11) is 0. The molecule has 0 spiro atoms. The number of carbonyl (C=O) groups excluding carboxylic acids is 1. The molecule has 2 aromatic heterocycles. The molecule has 1 aromatic carbocycles. The van der Waals surface area contributed by atoms with Crippen LogP contribution in [0.25, 0.3) is 5.78 Å². The summed E-state index contributed by atoms with van der Waals surface area (Å²) >= 11 is 5.96. The second kappa shape index (κ2) is 7.39. The summed E-state index contributed by atoms with van der Waals surface area (Å²) in [5.41, 5.74) is 0.818. The largest absolute Gasteiger partial charge is 0.453 e. The van der Waals surface area contributed by atoms with Gasteiger partial charge in [0.2, 0.25) is 0 Å². The Hall–Kier alpha value is -2.88. The zero-order valence-corrected chi connectivity index (χ0v) is 14.8. The fraction of sp³-hybridized carbons (Fsp3) is 0.250. The van der Waals surface area contributed by atoms with Gasteiger partial charge in [-0.1, -0.05) is 23.7 Å². The van der Waals surface area contributed by atoms with Crippen molar-refractivity contribution < 1.29 is 18.0 Å². The molecule has 0 atom stereocenters. The molecule has 7 nitrogen and oxygen atoms in total. The fourth-order valence-corrected chi connectivity index (χ4v) is 2.56. The lowest BCUT2D eigenvalue weighted by molar-refractivity contribution is -0.144. The van der Waals surface area contributed by atoms with E-state index in [0.717, 1.165) is 4.52 Å². The minimum Gasteiger partial charge on any atom is -0.368 e. The first-order valence-corrected chi connectivity index (χ1v) is 8.22. The molecule has 2 heterocycles. The molecule has 11 heteroatoms. The molecule has 3 aromatic rings. The number of rotatable bonds is 5. The second-order valence-electron chi connectivity index (χ2n) is 5.59. The summed E-state index contributed by atoms with van der Waals surface area (Å²) in [6, 6.07) is 8.14. The topological polar surface area (TPSA) is 84.2 Å². The van der Waals surface area contributed by atoms with Gasteiger partial charge >= 0.3 is 6.18 Å². The van der Waals surface area contributed by atoms with Crippen molar-refractivity contribution in [1.29, 1.82) is 0 Å². The predicted octanol–water partition coefficient (Wildman–Crippen LogP) is 2.95. The number of fused-ring (bicyclic) bond motifs is 1. The Morgan fingerprint density at radius 2 is 1.96 bits per heavy atom. The lowest BCUT2D eigenvalue weighted by Crippen LogP contribution is -2.29. The van der Waals surface area contributed by atoms with E-state index in [4.69, 9.17) is 11.6 Å².